The quantitative estimate of drug-likeness (QED) is 0.205. The van der Waals surface area contributed by atoms with Crippen LogP contribution >= 0.6 is 0 Å². The van der Waals surface area contributed by atoms with Gasteiger partial charge in [0.25, 0.3) is 0 Å². The van der Waals surface area contributed by atoms with Crippen molar-refractivity contribution in [1.82, 2.24) is 0 Å². The van der Waals surface area contributed by atoms with E-state index in [2.05, 4.69) is 25.3 Å². The maximum atomic E-state index is 5.89. The summed E-state index contributed by atoms with van der Waals surface area (Å²) in [5.41, 5.74) is 0. The molecule has 0 saturated carbocycles. The minimum Gasteiger partial charge on any atom is -1.00 e. The fourth-order valence-electron chi connectivity index (χ4n) is 3.86. The second kappa shape index (κ2) is 22.0. The second-order valence-electron chi connectivity index (χ2n) is 8.64. The highest BCUT2D eigenvalue weighted by atomic mass is 35.5. The van der Waals surface area contributed by atoms with Crippen molar-refractivity contribution >= 4 is 10.9 Å². The SMILES string of the molecule is CCCCCCCCCCCCCCC(C)CCOCC[S+]1C=CCCC1.[Cl-]. The van der Waals surface area contributed by atoms with Gasteiger partial charge in [-0.15, -0.1) is 0 Å². The third-order valence-corrected chi connectivity index (χ3v) is 7.94. The minimum absolute atomic E-state index is 0. The van der Waals surface area contributed by atoms with Gasteiger partial charge < -0.3 is 17.1 Å². The normalized spacial score (nSPS) is 17.4. The summed E-state index contributed by atoms with van der Waals surface area (Å²) in [6, 6.07) is 0. The number of allylic oxidation sites excluding steroid dienone is 1. The molecule has 2 atom stereocenters. The maximum Gasteiger partial charge on any atom is 0.136 e. The van der Waals surface area contributed by atoms with E-state index in [0.29, 0.717) is 10.9 Å². The van der Waals surface area contributed by atoms with Crippen molar-refractivity contribution in [3.05, 3.63) is 11.5 Å². The monoisotopic (exact) mass is 432 g/mol. The lowest BCUT2D eigenvalue weighted by molar-refractivity contribution is -0.00000694. The van der Waals surface area contributed by atoms with Crippen LogP contribution in [-0.4, -0.2) is 24.7 Å². The Kier molecular flexibility index (Phi) is 22.3. The molecule has 0 aromatic heterocycles. The van der Waals surface area contributed by atoms with Gasteiger partial charge in [0.1, 0.15) is 16.9 Å². The van der Waals surface area contributed by atoms with Crippen LogP contribution in [0.4, 0.5) is 0 Å². The molecule has 3 heteroatoms. The molecule has 1 aliphatic rings. The van der Waals surface area contributed by atoms with Crippen molar-refractivity contribution < 1.29 is 17.1 Å². The van der Waals surface area contributed by atoms with E-state index in [1.54, 1.807) is 0 Å². The standard InChI is InChI=1S/C25H49OS.ClH/c1-3-4-5-6-7-8-9-10-11-12-13-15-18-25(2)19-20-26-21-24-27-22-16-14-17-23-27;/h16,22,25H,3-15,17-21,23-24H2,1-2H3;1H/q+1;/p-1. The first-order chi connectivity index (χ1) is 13.3. The van der Waals surface area contributed by atoms with Gasteiger partial charge in [0.2, 0.25) is 0 Å². The fourth-order valence-corrected chi connectivity index (χ4v) is 5.61. The van der Waals surface area contributed by atoms with Gasteiger partial charge in [-0.2, -0.15) is 0 Å². The van der Waals surface area contributed by atoms with Crippen LogP contribution in [0, 0.1) is 5.92 Å². The Bertz CT molecular complexity index is 335. The average molecular weight is 433 g/mol. The lowest BCUT2D eigenvalue weighted by Crippen LogP contribution is -3.00. The van der Waals surface area contributed by atoms with E-state index in [-0.39, 0.29) is 12.4 Å². The molecular formula is C25H49ClOS. The van der Waals surface area contributed by atoms with E-state index < -0.39 is 0 Å². The van der Waals surface area contributed by atoms with Crippen LogP contribution in [0.1, 0.15) is 117 Å². The molecule has 0 aromatic carbocycles. The molecule has 0 fully saturated rings. The van der Waals surface area contributed by atoms with Gasteiger partial charge >= 0.3 is 0 Å². The van der Waals surface area contributed by atoms with Crippen LogP contribution < -0.4 is 12.4 Å². The first-order valence-corrected chi connectivity index (χ1v) is 13.9. The summed E-state index contributed by atoms with van der Waals surface area (Å²) in [5, 5.41) is 2.43. The Morgan fingerprint density at radius 1 is 0.821 bits per heavy atom. The summed E-state index contributed by atoms with van der Waals surface area (Å²) in [4.78, 5) is 0. The Hall–Kier alpha value is 0.340. The number of halogens is 1. The third kappa shape index (κ3) is 18.4. The van der Waals surface area contributed by atoms with E-state index in [1.165, 1.54) is 114 Å². The smallest absolute Gasteiger partial charge is 0.136 e. The van der Waals surface area contributed by atoms with Crippen LogP contribution in [-0.2, 0) is 15.6 Å². The lowest BCUT2D eigenvalue weighted by atomic mass is 9.99. The number of hydrogen-bond donors (Lipinski definition) is 0. The van der Waals surface area contributed by atoms with Gasteiger partial charge in [-0.3, -0.25) is 0 Å². The van der Waals surface area contributed by atoms with Gasteiger partial charge in [0.05, 0.1) is 6.61 Å². The fraction of sp³-hybridized carbons (Fsp3) is 0.920. The number of unbranched alkanes of at least 4 members (excludes halogenated alkanes) is 11. The van der Waals surface area contributed by atoms with Crippen LogP contribution in [0.5, 0.6) is 0 Å². The van der Waals surface area contributed by atoms with E-state index in [4.69, 9.17) is 4.74 Å². The van der Waals surface area contributed by atoms with Crippen molar-refractivity contribution in [3.8, 4) is 0 Å². The summed E-state index contributed by atoms with van der Waals surface area (Å²) in [6.07, 6.45) is 25.1. The summed E-state index contributed by atoms with van der Waals surface area (Å²) in [6.45, 7) is 6.65. The molecule has 0 spiro atoms. The Morgan fingerprint density at radius 3 is 2.00 bits per heavy atom. The van der Waals surface area contributed by atoms with E-state index in [0.717, 1.165) is 19.1 Å². The molecule has 2 unspecified atom stereocenters. The zero-order valence-electron chi connectivity index (χ0n) is 19.1. The predicted molar refractivity (Wildman–Crippen MR) is 126 cm³/mol. The number of rotatable bonds is 19. The zero-order chi connectivity index (χ0) is 19.4. The first-order valence-electron chi connectivity index (χ1n) is 12.2. The second-order valence-corrected chi connectivity index (χ2v) is 10.8. The van der Waals surface area contributed by atoms with Gasteiger partial charge in [-0.25, -0.2) is 0 Å². The van der Waals surface area contributed by atoms with E-state index >= 15 is 0 Å². The predicted octanol–water partition coefficient (Wildman–Crippen LogP) is 5.05. The van der Waals surface area contributed by atoms with Crippen LogP contribution in [0.3, 0.4) is 0 Å². The summed E-state index contributed by atoms with van der Waals surface area (Å²) >= 11 is 0. The molecule has 0 bridgehead atoms. The highest BCUT2D eigenvalue weighted by Gasteiger charge is 2.16. The Balaban J connectivity index is 0.00000729. The van der Waals surface area contributed by atoms with Crippen molar-refractivity contribution in [2.24, 2.45) is 5.92 Å². The van der Waals surface area contributed by atoms with Crippen molar-refractivity contribution in [3.63, 3.8) is 0 Å². The van der Waals surface area contributed by atoms with Crippen LogP contribution in [0.15, 0.2) is 11.5 Å². The number of hydrogen-bond acceptors (Lipinski definition) is 1. The third-order valence-electron chi connectivity index (χ3n) is 5.86. The molecule has 0 amide bonds. The molecule has 28 heavy (non-hydrogen) atoms. The molecule has 0 aromatic rings. The largest absolute Gasteiger partial charge is 1.00 e. The highest BCUT2D eigenvalue weighted by Crippen LogP contribution is 2.16. The summed E-state index contributed by atoms with van der Waals surface area (Å²) in [7, 11) is 0.523. The van der Waals surface area contributed by atoms with Crippen LogP contribution in [0.25, 0.3) is 0 Å². The van der Waals surface area contributed by atoms with Crippen molar-refractivity contribution in [2.75, 3.05) is 24.7 Å². The molecule has 1 heterocycles. The summed E-state index contributed by atoms with van der Waals surface area (Å²) < 4.78 is 5.89. The molecule has 1 rings (SSSR count). The molecule has 1 aliphatic heterocycles. The van der Waals surface area contributed by atoms with E-state index in [9.17, 15) is 0 Å². The molecule has 0 N–H and O–H groups in total. The van der Waals surface area contributed by atoms with Crippen molar-refractivity contribution in [1.29, 1.82) is 0 Å². The average Bonchev–Trinajstić information content (AvgIpc) is 2.69. The highest BCUT2D eigenvalue weighted by molar-refractivity contribution is 7.99. The number of ether oxygens (including phenoxy) is 1. The molecule has 0 radical (unpaired) electrons. The van der Waals surface area contributed by atoms with Gasteiger partial charge in [-0.1, -0.05) is 97.3 Å². The van der Waals surface area contributed by atoms with E-state index in [1.807, 2.05) is 0 Å². The van der Waals surface area contributed by atoms with Crippen LogP contribution in [0.2, 0.25) is 0 Å². The Morgan fingerprint density at radius 2 is 1.43 bits per heavy atom. The Labute approximate surface area is 186 Å². The first kappa shape index (κ1) is 28.3. The van der Waals surface area contributed by atoms with Gasteiger partial charge in [-0.05, 0) is 31.3 Å². The summed E-state index contributed by atoms with van der Waals surface area (Å²) in [5.74, 6) is 3.49. The molecular weight excluding hydrogens is 384 g/mol. The zero-order valence-corrected chi connectivity index (χ0v) is 20.6. The molecule has 1 nitrogen and oxygen atoms in total. The lowest BCUT2D eigenvalue weighted by Gasteiger charge is -2.12. The molecule has 168 valence electrons. The topological polar surface area (TPSA) is 9.23 Å². The minimum atomic E-state index is 0. The molecule has 0 aliphatic carbocycles. The maximum absolute atomic E-state index is 5.89. The molecule has 0 saturated heterocycles. The van der Waals surface area contributed by atoms with Crippen molar-refractivity contribution in [2.45, 2.75) is 117 Å². The van der Waals surface area contributed by atoms with Gasteiger partial charge in [0.15, 0.2) is 0 Å². The van der Waals surface area contributed by atoms with Gasteiger partial charge in [0, 0.05) is 17.5 Å².